The highest BCUT2D eigenvalue weighted by molar-refractivity contribution is 5.74. The van der Waals surface area contributed by atoms with Crippen molar-refractivity contribution in [1.29, 1.82) is 0 Å². The predicted octanol–water partition coefficient (Wildman–Crippen LogP) is 4.18. The summed E-state index contributed by atoms with van der Waals surface area (Å²) in [6.45, 7) is 3.82. The molecule has 0 saturated heterocycles. The molecule has 0 fully saturated rings. The van der Waals surface area contributed by atoms with Crippen LogP contribution in [0.5, 0.6) is 0 Å². The third kappa shape index (κ3) is 2.20. The van der Waals surface area contributed by atoms with Gasteiger partial charge >= 0.3 is 0 Å². The second-order valence-electron chi connectivity index (χ2n) is 4.30. The van der Waals surface area contributed by atoms with E-state index in [2.05, 4.69) is 35.9 Å². The summed E-state index contributed by atoms with van der Waals surface area (Å²) in [5.41, 5.74) is 4.53. The summed E-state index contributed by atoms with van der Waals surface area (Å²) in [5, 5.41) is 4.31. The first kappa shape index (κ1) is 11.5. The van der Waals surface area contributed by atoms with Crippen LogP contribution in [0.25, 0.3) is 22.9 Å². The van der Waals surface area contributed by atoms with Crippen molar-refractivity contribution in [2.45, 2.75) is 0 Å². The predicted molar refractivity (Wildman–Crippen MR) is 79.1 cm³/mol. The van der Waals surface area contributed by atoms with Gasteiger partial charge in [0.25, 0.3) is 0 Å². The van der Waals surface area contributed by atoms with E-state index >= 15 is 0 Å². The van der Waals surface area contributed by atoms with Crippen LogP contribution in [0.2, 0.25) is 0 Å². The van der Waals surface area contributed by atoms with Crippen LogP contribution in [-0.4, -0.2) is 9.78 Å². The molecule has 0 aliphatic rings. The highest BCUT2D eigenvalue weighted by Crippen LogP contribution is 2.27. The molecule has 0 aliphatic heterocycles. The van der Waals surface area contributed by atoms with E-state index in [4.69, 9.17) is 0 Å². The zero-order valence-electron chi connectivity index (χ0n) is 10.5. The van der Waals surface area contributed by atoms with Crippen LogP contribution in [0.4, 0.5) is 0 Å². The fraction of sp³-hybridized carbons (Fsp3) is 0. The van der Waals surface area contributed by atoms with E-state index < -0.39 is 0 Å². The van der Waals surface area contributed by atoms with Gasteiger partial charge in [-0.05, 0) is 29.3 Å². The lowest BCUT2D eigenvalue weighted by Gasteiger charge is -2.10. The highest BCUT2D eigenvalue weighted by atomic mass is 15.3. The van der Waals surface area contributed by atoms with Gasteiger partial charge in [0.2, 0.25) is 0 Å². The van der Waals surface area contributed by atoms with E-state index in [9.17, 15) is 0 Å². The fourth-order valence-electron chi connectivity index (χ4n) is 2.16. The minimum Gasteiger partial charge on any atom is -0.240 e. The molecule has 1 heterocycles. The lowest BCUT2D eigenvalue weighted by atomic mass is 10.0. The Labute approximate surface area is 112 Å². The highest BCUT2D eigenvalue weighted by Gasteiger charge is 2.06. The van der Waals surface area contributed by atoms with Crippen LogP contribution < -0.4 is 0 Å². The quantitative estimate of drug-likeness (QED) is 0.677. The number of hydrogen-bond acceptors (Lipinski definition) is 1. The molecule has 3 rings (SSSR count). The molecule has 0 saturated carbocycles. The lowest BCUT2D eigenvalue weighted by molar-refractivity contribution is 0.882. The average molecular weight is 246 g/mol. The number of para-hydroxylation sites is 1. The van der Waals surface area contributed by atoms with Gasteiger partial charge in [0, 0.05) is 18.0 Å². The molecular weight excluding hydrogens is 232 g/mol. The van der Waals surface area contributed by atoms with Crippen LogP contribution in [0.3, 0.4) is 0 Å². The molecule has 19 heavy (non-hydrogen) atoms. The Morgan fingerprint density at radius 1 is 1.00 bits per heavy atom. The first-order valence-corrected chi connectivity index (χ1v) is 6.20. The molecule has 0 N–H and O–H groups in total. The minimum atomic E-state index is 1.08. The molecule has 0 bridgehead atoms. The van der Waals surface area contributed by atoms with Crippen molar-refractivity contribution in [2.75, 3.05) is 0 Å². The van der Waals surface area contributed by atoms with Crippen molar-refractivity contribution in [2.24, 2.45) is 0 Å². The maximum Gasteiger partial charge on any atom is 0.0723 e. The Bertz CT molecular complexity index is 697. The standard InChI is InChI=1S/C17H14N2/c1-2-14-7-5-8-15(13-14)16-9-3-4-10-17(16)19-12-6-11-18-19/h2-13H,1H2. The molecule has 0 unspecified atom stereocenters. The van der Waals surface area contributed by atoms with E-state index in [0.717, 1.165) is 16.8 Å². The minimum absolute atomic E-state index is 1.08. The summed E-state index contributed by atoms with van der Waals surface area (Å²) in [6.07, 6.45) is 5.60. The zero-order valence-corrected chi connectivity index (χ0v) is 10.5. The molecule has 0 aliphatic carbocycles. The first-order chi connectivity index (χ1) is 9.38. The van der Waals surface area contributed by atoms with Crippen LogP contribution in [0.15, 0.2) is 73.6 Å². The largest absolute Gasteiger partial charge is 0.240 e. The van der Waals surface area contributed by atoms with E-state index in [1.54, 1.807) is 6.20 Å². The summed E-state index contributed by atoms with van der Waals surface area (Å²) < 4.78 is 1.88. The van der Waals surface area contributed by atoms with Gasteiger partial charge in [0.15, 0.2) is 0 Å². The van der Waals surface area contributed by atoms with Crippen molar-refractivity contribution in [3.8, 4) is 16.8 Å². The molecule has 0 amide bonds. The van der Waals surface area contributed by atoms with Crippen molar-refractivity contribution in [1.82, 2.24) is 9.78 Å². The Balaban J connectivity index is 2.17. The molecule has 92 valence electrons. The Morgan fingerprint density at radius 3 is 2.68 bits per heavy atom. The normalized spacial score (nSPS) is 10.3. The number of aromatic nitrogens is 2. The van der Waals surface area contributed by atoms with Gasteiger partial charge in [0.05, 0.1) is 5.69 Å². The molecule has 0 spiro atoms. The maximum absolute atomic E-state index is 4.31. The average Bonchev–Trinajstić information content (AvgIpc) is 3.01. The molecule has 2 aromatic carbocycles. The van der Waals surface area contributed by atoms with E-state index in [1.807, 2.05) is 47.3 Å². The molecule has 3 aromatic rings. The van der Waals surface area contributed by atoms with Gasteiger partial charge in [-0.3, -0.25) is 0 Å². The van der Waals surface area contributed by atoms with Crippen LogP contribution in [-0.2, 0) is 0 Å². The second kappa shape index (κ2) is 4.94. The Morgan fingerprint density at radius 2 is 1.89 bits per heavy atom. The third-order valence-corrected chi connectivity index (χ3v) is 3.09. The Kier molecular flexibility index (Phi) is 2.99. The van der Waals surface area contributed by atoms with E-state index in [0.29, 0.717) is 0 Å². The number of benzene rings is 2. The van der Waals surface area contributed by atoms with E-state index in [1.165, 1.54) is 5.56 Å². The van der Waals surface area contributed by atoms with Gasteiger partial charge in [-0.2, -0.15) is 5.10 Å². The van der Waals surface area contributed by atoms with Crippen LogP contribution in [0.1, 0.15) is 5.56 Å². The molecule has 2 heteroatoms. The SMILES string of the molecule is C=Cc1cccc(-c2ccccc2-n2cccn2)c1. The maximum atomic E-state index is 4.31. The molecule has 0 radical (unpaired) electrons. The van der Waals surface area contributed by atoms with Crippen molar-refractivity contribution < 1.29 is 0 Å². The molecule has 0 atom stereocenters. The number of nitrogens with zero attached hydrogens (tertiary/aromatic N) is 2. The molecular formula is C17H14N2. The smallest absolute Gasteiger partial charge is 0.0723 e. The summed E-state index contributed by atoms with van der Waals surface area (Å²) >= 11 is 0. The lowest BCUT2D eigenvalue weighted by Crippen LogP contribution is -1.97. The fourth-order valence-corrected chi connectivity index (χ4v) is 2.16. The molecule has 2 nitrogen and oxygen atoms in total. The topological polar surface area (TPSA) is 17.8 Å². The van der Waals surface area contributed by atoms with Crippen LogP contribution in [0, 0.1) is 0 Å². The summed E-state index contributed by atoms with van der Waals surface area (Å²) in [6, 6.07) is 18.5. The third-order valence-electron chi connectivity index (χ3n) is 3.09. The van der Waals surface area contributed by atoms with Gasteiger partial charge in [-0.1, -0.05) is 49.1 Å². The van der Waals surface area contributed by atoms with Gasteiger partial charge in [-0.15, -0.1) is 0 Å². The molecule has 1 aromatic heterocycles. The Hall–Kier alpha value is -2.61. The zero-order chi connectivity index (χ0) is 13.1. The van der Waals surface area contributed by atoms with Crippen molar-refractivity contribution >= 4 is 6.08 Å². The van der Waals surface area contributed by atoms with E-state index in [-0.39, 0.29) is 0 Å². The van der Waals surface area contributed by atoms with Crippen LogP contribution >= 0.6 is 0 Å². The number of rotatable bonds is 3. The first-order valence-electron chi connectivity index (χ1n) is 6.20. The van der Waals surface area contributed by atoms with Crippen molar-refractivity contribution in [3.05, 3.63) is 79.1 Å². The summed E-state index contributed by atoms with van der Waals surface area (Å²) in [7, 11) is 0. The second-order valence-corrected chi connectivity index (χ2v) is 4.30. The van der Waals surface area contributed by atoms with Gasteiger partial charge in [-0.25, -0.2) is 4.68 Å². The monoisotopic (exact) mass is 246 g/mol. The van der Waals surface area contributed by atoms with Gasteiger partial charge < -0.3 is 0 Å². The van der Waals surface area contributed by atoms with Gasteiger partial charge in [0.1, 0.15) is 0 Å². The number of hydrogen-bond donors (Lipinski definition) is 0. The summed E-state index contributed by atoms with van der Waals surface area (Å²) in [4.78, 5) is 0. The van der Waals surface area contributed by atoms with Crippen molar-refractivity contribution in [3.63, 3.8) is 0 Å². The summed E-state index contributed by atoms with van der Waals surface area (Å²) in [5.74, 6) is 0.